The Morgan fingerprint density at radius 1 is 1.08 bits per heavy atom. The van der Waals surface area contributed by atoms with E-state index < -0.39 is 5.41 Å². The number of carbonyl (C=O) groups excluding carboxylic acids is 1. The Labute approximate surface area is 152 Å². The van der Waals surface area contributed by atoms with Crippen molar-refractivity contribution in [1.82, 2.24) is 0 Å². The van der Waals surface area contributed by atoms with Gasteiger partial charge in [0, 0.05) is 0 Å². The van der Waals surface area contributed by atoms with Crippen LogP contribution in [0.4, 0.5) is 0 Å². The third kappa shape index (κ3) is 4.45. The molecule has 0 amide bonds. The number of esters is 1. The first-order valence-corrected chi connectivity index (χ1v) is 9.10. The van der Waals surface area contributed by atoms with Gasteiger partial charge in [0.1, 0.15) is 0 Å². The third-order valence-electron chi connectivity index (χ3n) is 5.37. The van der Waals surface area contributed by atoms with E-state index in [4.69, 9.17) is 14.0 Å². The van der Waals surface area contributed by atoms with E-state index in [1.807, 2.05) is 20.8 Å². The van der Waals surface area contributed by atoms with E-state index >= 15 is 0 Å². The summed E-state index contributed by atoms with van der Waals surface area (Å²) in [5, 5.41) is 0. The minimum Gasteiger partial charge on any atom is -0.466 e. The SMILES string of the molecule is CCOC(=O)C(C)(C)CCc1ccc(B2OC(C)(C)C(C)(C)O2)cc1. The first-order valence-electron chi connectivity index (χ1n) is 9.10. The molecule has 5 heteroatoms. The summed E-state index contributed by atoms with van der Waals surface area (Å²) >= 11 is 0. The fraction of sp³-hybridized carbons (Fsp3) is 0.650. The van der Waals surface area contributed by atoms with E-state index in [1.165, 1.54) is 5.56 Å². The zero-order valence-electron chi connectivity index (χ0n) is 16.6. The highest BCUT2D eigenvalue weighted by Crippen LogP contribution is 2.36. The van der Waals surface area contributed by atoms with Gasteiger partial charge in [-0.2, -0.15) is 0 Å². The van der Waals surface area contributed by atoms with Gasteiger partial charge in [0.15, 0.2) is 0 Å². The maximum Gasteiger partial charge on any atom is 0.494 e. The zero-order chi connectivity index (χ0) is 18.9. The Hall–Kier alpha value is -1.33. The van der Waals surface area contributed by atoms with Crippen LogP contribution < -0.4 is 5.46 Å². The Balaban J connectivity index is 1.98. The van der Waals surface area contributed by atoms with Crippen LogP contribution in [0.5, 0.6) is 0 Å². The molecular formula is C20H31BO4. The van der Waals surface area contributed by atoms with Crippen molar-refractivity contribution in [3.05, 3.63) is 29.8 Å². The van der Waals surface area contributed by atoms with Gasteiger partial charge in [-0.15, -0.1) is 0 Å². The number of hydrogen-bond donors (Lipinski definition) is 0. The molecule has 4 nitrogen and oxygen atoms in total. The first kappa shape index (κ1) is 20.0. The Morgan fingerprint density at radius 3 is 2.08 bits per heavy atom. The Bertz CT molecular complexity index is 589. The Kier molecular flexibility index (Phi) is 5.70. The van der Waals surface area contributed by atoms with Crippen molar-refractivity contribution in [2.45, 2.75) is 72.5 Å². The summed E-state index contributed by atoms with van der Waals surface area (Å²) in [6, 6.07) is 8.27. The molecule has 25 heavy (non-hydrogen) atoms. The number of benzene rings is 1. The largest absolute Gasteiger partial charge is 0.494 e. The predicted octanol–water partition coefficient (Wildman–Crippen LogP) is 3.51. The highest BCUT2D eigenvalue weighted by Gasteiger charge is 2.51. The second-order valence-electron chi connectivity index (χ2n) is 8.43. The second-order valence-corrected chi connectivity index (χ2v) is 8.43. The number of hydrogen-bond acceptors (Lipinski definition) is 4. The van der Waals surface area contributed by atoms with Crippen LogP contribution in [-0.2, 0) is 25.3 Å². The molecule has 138 valence electrons. The molecule has 2 rings (SSSR count). The van der Waals surface area contributed by atoms with Gasteiger partial charge < -0.3 is 14.0 Å². The van der Waals surface area contributed by atoms with Gasteiger partial charge in [0.2, 0.25) is 0 Å². The topological polar surface area (TPSA) is 44.8 Å². The maximum absolute atomic E-state index is 12.0. The average Bonchev–Trinajstić information content (AvgIpc) is 2.74. The normalized spacial score (nSPS) is 19.1. The van der Waals surface area contributed by atoms with Crippen LogP contribution in [-0.4, -0.2) is 30.9 Å². The second kappa shape index (κ2) is 7.12. The fourth-order valence-electron chi connectivity index (χ4n) is 2.71. The van der Waals surface area contributed by atoms with Crippen molar-refractivity contribution in [1.29, 1.82) is 0 Å². The molecule has 0 atom stereocenters. The van der Waals surface area contributed by atoms with Crippen molar-refractivity contribution in [2.24, 2.45) is 5.41 Å². The summed E-state index contributed by atoms with van der Waals surface area (Å²) in [6.07, 6.45) is 1.58. The van der Waals surface area contributed by atoms with E-state index in [2.05, 4.69) is 52.0 Å². The maximum atomic E-state index is 12.0. The molecule has 1 aromatic carbocycles. The van der Waals surface area contributed by atoms with Crippen molar-refractivity contribution in [2.75, 3.05) is 6.61 Å². The highest BCUT2D eigenvalue weighted by molar-refractivity contribution is 6.62. The molecule has 0 unspecified atom stereocenters. The molecule has 0 aliphatic carbocycles. The molecule has 1 heterocycles. The summed E-state index contributed by atoms with van der Waals surface area (Å²) in [5.41, 5.74) is 1.07. The van der Waals surface area contributed by atoms with Crippen molar-refractivity contribution >= 4 is 18.6 Å². The number of carbonyl (C=O) groups is 1. The van der Waals surface area contributed by atoms with Crippen molar-refractivity contribution in [3.63, 3.8) is 0 Å². The minimum absolute atomic E-state index is 0.135. The third-order valence-corrected chi connectivity index (χ3v) is 5.37. The van der Waals surface area contributed by atoms with E-state index in [0.29, 0.717) is 6.61 Å². The standard InChI is InChI=1S/C20H31BO4/c1-8-23-17(22)18(2,3)14-13-15-9-11-16(12-10-15)21-24-19(4,5)20(6,7)25-21/h9-12H,8,13-14H2,1-7H3. The van der Waals surface area contributed by atoms with Crippen LogP contribution in [0.3, 0.4) is 0 Å². The summed E-state index contributed by atoms with van der Waals surface area (Å²) in [7, 11) is -0.338. The number of rotatable bonds is 6. The van der Waals surface area contributed by atoms with Crippen LogP contribution >= 0.6 is 0 Å². The van der Waals surface area contributed by atoms with Crippen LogP contribution in [0.1, 0.15) is 60.5 Å². The van der Waals surface area contributed by atoms with Gasteiger partial charge in [-0.05, 0) is 72.3 Å². The molecule has 1 aliphatic rings. The predicted molar refractivity (Wildman–Crippen MR) is 101 cm³/mol. The lowest BCUT2D eigenvalue weighted by atomic mass is 9.78. The molecule has 1 fully saturated rings. The van der Waals surface area contributed by atoms with E-state index in [0.717, 1.165) is 18.3 Å². The van der Waals surface area contributed by atoms with Crippen LogP contribution in [0.25, 0.3) is 0 Å². The summed E-state index contributed by atoms with van der Waals surface area (Å²) in [4.78, 5) is 12.0. The van der Waals surface area contributed by atoms with Crippen molar-refractivity contribution < 1.29 is 18.8 Å². The van der Waals surface area contributed by atoms with Gasteiger partial charge in [-0.1, -0.05) is 24.3 Å². The lowest BCUT2D eigenvalue weighted by molar-refractivity contribution is -0.153. The van der Waals surface area contributed by atoms with Gasteiger partial charge in [-0.25, -0.2) is 0 Å². The fourth-order valence-corrected chi connectivity index (χ4v) is 2.71. The average molecular weight is 346 g/mol. The van der Waals surface area contributed by atoms with Crippen LogP contribution in [0, 0.1) is 5.41 Å². The molecule has 1 aliphatic heterocycles. The summed E-state index contributed by atoms with van der Waals surface area (Å²) < 4.78 is 17.3. The Morgan fingerprint density at radius 2 is 1.60 bits per heavy atom. The van der Waals surface area contributed by atoms with E-state index in [1.54, 1.807) is 0 Å². The smallest absolute Gasteiger partial charge is 0.466 e. The van der Waals surface area contributed by atoms with Gasteiger partial charge in [-0.3, -0.25) is 4.79 Å². The number of aryl methyl sites for hydroxylation is 1. The zero-order valence-corrected chi connectivity index (χ0v) is 16.6. The van der Waals surface area contributed by atoms with Crippen LogP contribution in [0.15, 0.2) is 24.3 Å². The molecule has 0 N–H and O–H groups in total. The first-order chi connectivity index (χ1) is 11.5. The molecule has 1 saturated heterocycles. The molecule has 0 aromatic heterocycles. The van der Waals surface area contributed by atoms with Crippen molar-refractivity contribution in [3.8, 4) is 0 Å². The quantitative estimate of drug-likeness (QED) is 0.584. The molecular weight excluding hydrogens is 315 g/mol. The lowest BCUT2D eigenvalue weighted by Crippen LogP contribution is -2.41. The molecule has 0 spiro atoms. The monoisotopic (exact) mass is 346 g/mol. The molecule has 0 saturated carbocycles. The van der Waals surface area contributed by atoms with Crippen LogP contribution in [0.2, 0.25) is 0 Å². The minimum atomic E-state index is -0.472. The van der Waals surface area contributed by atoms with E-state index in [9.17, 15) is 4.79 Å². The van der Waals surface area contributed by atoms with Gasteiger partial charge in [0.05, 0.1) is 23.2 Å². The van der Waals surface area contributed by atoms with Gasteiger partial charge in [0.25, 0.3) is 0 Å². The summed E-state index contributed by atoms with van der Waals surface area (Å²) in [6.45, 7) is 14.3. The molecule has 0 bridgehead atoms. The molecule has 1 aromatic rings. The summed E-state index contributed by atoms with van der Waals surface area (Å²) in [5.74, 6) is -0.135. The van der Waals surface area contributed by atoms with Gasteiger partial charge >= 0.3 is 13.1 Å². The lowest BCUT2D eigenvalue weighted by Gasteiger charge is -2.32. The van der Waals surface area contributed by atoms with E-state index in [-0.39, 0.29) is 24.3 Å². The highest BCUT2D eigenvalue weighted by atomic mass is 16.7. The number of ether oxygens (including phenoxy) is 1. The molecule has 0 radical (unpaired) electrons.